The molecule has 4 aromatic rings. The molecular formula is C23H24N4O2S2. The van der Waals surface area contributed by atoms with Gasteiger partial charge in [0.15, 0.2) is 5.58 Å². The Balaban J connectivity index is 1.30. The molecule has 6 nitrogen and oxygen atoms in total. The van der Waals surface area contributed by atoms with E-state index in [4.69, 9.17) is 4.42 Å². The fourth-order valence-corrected chi connectivity index (χ4v) is 5.52. The first-order valence-corrected chi connectivity index (χ1v) is 12.1. The number of benzene rings is 1. The Labute approximate surface area is 189 Å². The molecule has 3 aromatic heterocycles. The lowest BCUT2D eigenvalue weighted by molar-refractivity contribution is 0.103. The lowest BCUT2D eigenvalue weighted by Crippen LogP contribution is -2.42. The summed E-state index contributed by atoms with van der Waals surface area (Å²) in [6, 6.07) is 12.6. The average Bonchev–Trinajstić information content (AvgIpc) is 3.53. The summed E-state index contributed by atoms with van der Waals surface area (Å²) in [5.41, 5.74) is 3.34. The molecule has 4 heterocycles. The van der Waals surface area contributed by atoms with Crippen molar-refractivity contribution in [2.24, 2.45) is 0 Å². The third-order valence-electron chi connectivity index (χ3n) is 5.81. The van der Waals surface area contributed by atoms with E-state index in [1.807, 2.05) is 42.8 Å². The third kappa shape index (κ3) is 4.23. The molecule has 0 spiro atoms. The van der Waals surface area contributed by atoms with Gasteiger partial charge in [0.2, 0.25) is 0 Å². The number of oxazole rings is 1. The van der Waals surface area contributed by atoms with Gasteiger partial charge < -0.3 is 19.5 Å². The summed E-state index contributed by atoms with van der Waals surface area (Å²) < 4.78 is 5.99. The maximum Gasteiger partial charge on any atom is 0.298 e. The van der Waals surface area contributed by atoms with Gasteiger partial charge in [-0.05, 0) is 80.1 Å². The van der Waals surface area contributed by atoms with Gasteiger partial charge in [0.25, 0.3) is 11.9 Å². The molecule has 1 fully saturated rings. The molecule has 1 aromatic carbocycles. The number of carbonyl (C=O) groups is 1. The predicted octanol–water partition coefficient (Wildman–Crippen LogP) is 5.40. The number of likely N-dealkylation sites (tertiary alicyclic amines) is 1. The Morgan fingerprint density at radius 2 is 2.06 bits per heavy atom. The smallest absolute Gasteiger partial charge is 0.298 e. The molecule has 31 heavy (non-hydrogen) atoms. The molecule has 0 saturated carbocycles. The molecule has 0 unspecified atom stereocenters. The number of rotatable bonds is 5. The number of amides is 1. The monoisotopic (exact) mass is 452 g/mol. The second kappa shape index (κ2) is 8.45. The van der Waals surface area contributed by atoms with Crippen LogP contribution in [0.2, 0.25) is 0 Å². The van der Waals surface area contributed by atoms with E-state index in [1.165, 1.54) is 11.3 Å². The Bertz CT molecular complexity index is 1190. The third-order valence-corrected chi connectivity index (χ3v) is 7.62. The van der Waals surface area contributed by atoms with Crippen molar-refractivity contribution >= 4 is 51.4 Å². The number of thiophene rings is 2. The van der Waals surface area contributed by atoms with Gasteiger partial charge in [-0.1, -0.05) is 0 Å². The van der Waals surface area contributed by atoms with Crippen molar-refractivity contribution in [2.75, 3.05) is 37.4 Å². The summed E-state index contributed by atoms with van der Waals surface area (Å²) >= 11 is 3.15. The number of fused-ring (bicyclic) bond motifs is 1. The van der Waals surface area contributed by atoms with Crippen LogP contribution in [0.3, 0.4) is 0 Å². The number of hydrogen-bond donors (Lipinski definition) is 1. The van der Waals surface area contributed by atoms with Crippen LogP contribution >= 0.6 is 22.7 Å². The average molecular weight is 453 g/mol. The van der Waals surface area contributed by atoms with Crippen molar-refractivity contribution in [1.29, 1.82) is 0 Å². The molecule has 1 amide bonds. The van der Waals surface area contributed by atoms with E-state index in [1.54, 1.807) is 11.3 Å². The molecule has 0 aliphatic carbocycles. The maximum absolute atomic E-state index is 12.7. The van der Waals surface area contributed by atoms with E-state index >= 15 is 0 Å². The summed E-state index contributed by atoms with van der Waals surface area (Å²) in [4.78, 5) is 23.7. The van der Waals surface area contributed by atoms with Crippen LogP contribution in [0.15, 0.2) is 51.6 Å². The standard InChI is InChI=1S/C23H24N4O2S2/c1-26-10-7-17(8-11-26)27(2)23-25-18-13-16(3-4-19(18)29-23)24-22(28)21-6-5-20(31-21)15-9-12-30-14-15/h3-6,9,12-14,17H,7-8,10-11H2,1-2H3,(H,24,28). The topological polar surface area (TPSA) is 61.6 Å². The molecule has 5 rings (SSSR count). The van der Waals surface area contributed by atoms with E-state index in [0.29, 0.717) is 22.6 Å². The van der Waals surface area contributed by atoms with Gasteiger partial charge in [0.05, 0.1) is 4.88 Å². The Morgan fingerprint density at radius 3 is 2.84 bits per heavy atom. The fourth-order valence-electron chi connectivity index (χ4n) is 3.89. The summed E-state index contributed by atoms with van der Waals surface area (Å²) in [5, 5.41) is 7.12. The highest BCUT2D eigenvalue weighted by Crippen LogP contribution is 2.31. The van der Waals surface area contributed by atoms with E-state index < -0.39 is 0 Å². The van der Waals surface area contributed by atoms with E-state index in [0.717, 1.165) is 47.5 Å². The second-order valence-corrected chi connectivity index (χ2v) is 9.82. The van der Waals surface area contributed by atoms with Gasteiger partial charge in [-0.25, -0.2) is 0 Å². The number of aromatic nitrogens is 1. The van der Waals surface area contributed by atoms with E-state index in [-0.39, 0.29) is 5.91 Å². The minimum Gasteiger partial charge on any atom is -0.423 e. The highest BCUT2D eigenvalue weighted by Gasteiger charge is 2.24. The zero-order valence-electron chi connectivity index (χ0n) is 17.5. The van der Waals surface area contributed by atoms with Gasteiger partial charge in [0, 0.05) is 29.2 Å². The van der Waals surface area contributed by atoms with Gasteiger partial charge in [-0.15, -0.1) is 11.3 Å². The summed E-state index contributed by atoms with van der Waals surface area (Å²) in [5.74, 6) is -0.113. The van der Waals surface area contributed by atoms with Crippen LogP contribution in [0, 0.1) is 0 Å². The number of hydrogen-bond acceptors (Lipinski definition) is 7. The molecule has 8 heteroatoms. The van der Waals surface area contributed by atoms with Crippen molar-refractivity contribution in [1.82, 2.24) is 9.88 Å². The number of piperidine rings is 1. The van der Waals surface area contributed by atoms with E-state index in [2.05, 4.69) is 38.6 Å². The Kier molecular flexibility index (Phi) is 5.52. The largest absolute Gasteiger partial charge is 0.423 e. The van der Waals surface area contributed by atoms with Crippen LogP contribution in [0.1, 0.15) is 22.5 Å². The van der Waals surface area contributed by atoms with Gasteiger partial charge in [-0.3, -0.25) is 4.79 Å². The highest BCUT2D eigenvalue weighted by atomic mass is 32.1. The first-order chi connectivity index (χ1) is 15.1. The fraction of sp³-hybridized carbons (Fsp3) is 0.304. The molecule has 1 aliphatic heterocycles. The normalized spacial score (nSPS) is 15.4. The molecular weight excluding hydrogens is 428 g/mol. The number of anilines is 2. The number of nitrogens with one attached hydrogen (secondary N) is 1. The summed E-state index contributed by atoms with van der Waals surface area (Å²) in [6.07, 6.45) is 2.20. The molecule has 0 atom stereocenters. The van der Waals surface area contributed by atoms with Crippen molar-refractivity contribution in [3.05, 3.63) is 52.0 Å². The number of nitrogens with zero attached hydrogens (tertiary/aromatic N) is 3. The van der Waals surface area contributed by atoms with Crippen LogP contribution in [0.25, 0.3) is 21.5 Å². The first kappa shape index (κ1) is 20.2. The Hall–Kier alpha value is -2.68. The lowest BCUT2D eigenvalue weighted by atomic mass is 10.0. The van der Waals surface area contributed by atoms with Crippen LogP contribution in [-0.4, -0.2) is 49.0 Å². The SMILES string of the molecule is CN1CCC(N(C)c2nc3cc(NC(=O)c4ccc(-c5ccsc5)s4)ccc3o2)CC1. The zero-order valence-corrected chi connectivity index (χ0v) is 19.1. The molecule has 1 N–H and O–H groups in total. The first-order valence-electron chi connectivity index (χ1n) is 10.3. The molecule has 1 saturated heterocycles. The van der Waals surface area contributed by atoms with Crippen LogP contribution < -0.4 is 10.2 Å². The van der Waals surface area contributed by atoms with Crippen molar-refractivity contribution < 1.29 is 9.21 Å². The van der Waals surface area contributed by atoms with Crippen LogP contribution in [0.4, 0.5) is 11.7 Å². The molecule has 0 bridgehead atoms. The minimum atomic E-state index is -0.113. The zero-order chi connectivity index (χ0) is 21.4. The predicted molar refractivity (Wildman–Crippen MR) is 129 cm³/mol. The van der Waals surface area contributed by atoms with Gasteiger partial charge >= 0.3 is 0 Å². The molecule has 160 valence electrons. The highest BCUT2D eigenvalue weighted by molar-refractivity contribution is 7.18. The van der Waals surface area contributed by atoms with Crippen LogP contribution in [0.5, 0.6) is 0 Å². The number of carbonyl (C=O) groups excluding carboxylic acids is 1. The summed E-state index contributed by atoms with van der Waals surface area (Å²) in [6.45, 7) is 2.17. The molecule has 1 aliphatic rings. The Morgan fingerprint density at radius 1 is 1.23 bits per heavy atom. The minimum absolute atomic E-state index is 0.113. The van der Waals surface area contributed by atoms with Gasteiger partial charge in [-0.2, -0.15) is 16.3 Å². The van der Waals surface area contributed by atoms with Crippen molar-refractivity contribution in [3.8, 4) is 10.4 Å². The van der Waals surface area contributed by atoms with Gasteiger partial charge in [0.1, 0.15) is 5.52 Å². The summed E-state index contributed by atoms with van der Waals surface area (Å²) in [7, 11) is 4.20. The van der Waals surface area contributed by atoms with Crippen LogP contribution in [-0.2, 0) is 0 Å². The van der Waals surface area contributed by atoms with Crippen molar-refractivity contribution in [2.45, 2.75) is 18.9 Å². The quantitative estimate of drug-likeness (QED) is 0.439. The second-order valence-electron chi connectivity index (χ2n) is 7.95. The van der Waals surface area contributed by atoms with Crippen molar-refractivity contribution in [3.63, 3.8) is 0 Å². The lowest BCUT2D eigenvalue weighted by Gasteiger charge is -2.34. The maximum atomic E-state index is 12.7. The van der Waals surface area contributed by atoms with E-state index in [9.17, 15) is 4.79 Å². The molecule has 0 radical (unpaired) electrons.